The monoisotopic (exact) mass is 705 g/mol. The van der Waals surface area contributed by atoms with E-state index in [1.807, 2.05) is 11.3 Å². The molecule has 254 valence electrons. The molecule has 0 aliphatic heterocycles. The van der Waals surface area contributed by atoms with Gasteiger partial charge >= 0.3 is 0 Å². The van der Waals surface area contributed by atoms with E-state index in [2.05, 4.69) is 217 Å². The third-order valence-electron chi connectivity index (χ3n) is 10.5. The molecule has 0 aliphatic rings. The highest BCUT2D eigenvalue weighted by Crippen LogP contribution is 2.46. The maximum atomic E-state index is 2.41. The fourth-order valence-electron chi connectivity index (χ4n) is 7.81. The molecular weight excluding hydrogens is 671 g/mol. The van der Waals surface area contributed by atoms with E-state index in [9.17, 15) is 0 Å². The van der Waals surface area contributed by atoms with Crippen LogP contribution in [0.5, 0.6) is 0 Å². The van der Waals surface area contributed by atoms with Gasteiger partial charge in [-0.05, 0) is 104 Å². The first-order valence-corrected chi connectivity index (χ1v) is 19.2. The normalized spacial score (nSPS) is 11.3. The van der Waals surface area contributed by atoms with Crippen LogP contribution in [-0.4, -0.2) is 0 Å². The van der Waals surface area contributed by atoms with Crippen molar-refractivity contribution in [3.8, 4) is 44.5 Å². The van der Waals surface area contributed by atoms with Crippen molar-refractivity contribution in [1.82, 2.24) is 0 Å². The van der Waals surface area contributed by atoms with Crippen LogP contribution in [0.15, 0.2) is 212 Å². The largest absolute Gasteiger partial charge is 0.310 e. The molecule has 1 aromatic heterocycles. The Morgan fingerprint density at radius 3 is 1.63 bits per heavy atom. The Balaban J connectivity index is 1.09. The minimum Gasteiger partial charge on any atom is -0.310 e. The van der Waals surface area contributed by atoms with Gasteiger partial charge in [0, 0.05) is 37.1 Å². The number of thiophene rings is 1. The average molecular weight is 706 g/mol. The van der Waals surface area contributed by atoms with E-state index in [0.29, 0.717) is 0 Å². The number of hydrogen-bond acceptors (Lipinski definition) is 2. The van der Waals surface area contributed by atoms with Crippen molar-refractivity contribution in [2.75, 3.05) is 4.90 Å². The van der Waals surface area contributed by atoms with E-state index >= 15 is 0 Å². The molecule has 0 aliphatic carbocycles. The zero-order chi connectivity index (χ0) is 35.8. The zero-order valence-electron chi connectivity index (χ0n) is 29.6. The number of rotatable bonds is 7. The summed E-state index contributed by atoms with van der Waals surface area (Å²) in [5.41, 5.74) is 13.0. The molecule has 10 rings (SSSR count). The lowest BCUT2D eigenvalue weighted by atomic mass is 9.96. The standard InChI is InChI=1S/C52H35NS/c1-2-12-36(13-3-1)38-26-30-44(31-27-38)53(49-21-8-6-18-46(49)47-20-11-23-51-52(47)48-19-7-9-22-50(48)54-51)45-32-28-39(29-33-45)41-16-10-17-42(34-41)43-25-24-37-14-4-5-15-40(37)35-43/h1-35H. The highest BCUT2D eigenvalue weighted by atomic mass is 32.1. The van der Waals surface area contributed by atoms with E-state index < -0.39 is 0 Å². The van der Waals surface area contributed by atoms with Crippen LogP contribution < -0.4 is 4.90 Å². The van der Waals surface area contributed by atoms with Gasteiger partial charge in [-0.3, -0.25) is 0 Å². The number of anilines is 3. The highest BCUT2D eigenvalue weighted by Gasteiger charge is 2.20. The number of fused-ring (bicyclic) bond motifs is 4. The van der Waals surface area contributed by atoms with Crippen LogP contribution in [0.2, 0.25) is 0 Å². The topological polar surface area (TPSA) is 3.24 Å². The van der Waals surface area contributed by atoms with E-state index in [1.54, 1.807) is 0 Å². The molecule has 0 atom stereocenters. The maximum absolute atomic E-state index is 2.41. The quantitative estimate of drug-likeness (QED) is 0.160. The molecule has 1 heterocycles. The average Bonchev–Trinajstić information content (AvgIpc) is 3.64. The van der Waals surface area contributed by atoms with Crippen LogP contribution >= 0.6 is 11.3 Å². The lowest BCUT2D eigenvalue weighted by Crippen LogP contribution is -2.11. The van der Waals surface area contributed by atoms with Gasteiger partial charge in [-0.2, -0.15) is 0 Å². The van der Waals surface area contributed by atoms with Crippen LogP contribution in [0.25, 0.3) is 75.5 Å². The van der Waals surface area contributed by atoms with E-state index in [-0.39, 0.29) is 0 Å². The van der Waals surface area contributed by atoms with E-state index in [0.717, 1.165) is 17.1 Å². The fraction of sp³-hybridized carbons (Fsp3) is 0. The minimum absolute atomic E-state index is 1.10. The summed E-state index contributed by atoms with van der Waals surface area (Å²) in [7, 11) is 0. The third kappa shape index (κ3) is 5.84. The molecule has 0 radical (unpaired) electrons. The smallest absolute Gasteiger partial charge is 0.0540 e. The van der Waals surface area contributed by atoms with Gasteiger partial charge in [0.15, 0.2) is 0 Å². The number of nitrogens with zero attached hydrogens (tertiary/aromatic N) is 1. The van der Waals surface area contributed by atoms with Crippen molar-refractivity contribution in [2.45, 2.75) is 0 Å². The minimum atomic E-state index is 1.10. The summed E-state index contributed by atoms with van der Waals surface area (Å²) >= 11 is 1.86. The van der Waals surface area contributed by atoms with Crippen LogP contribution in [0.1, 0.15) is 0 Å². The van der Waals surface area contributed by atoms with Gasteiger partial charge in [0.05, 0.1) is 5.69 Å². The van der Waals surface area contributed by atoms with Gasteiger partial charge in [0.1, 0.15) is 0 Å². The van der Waals surface area contributed by atoms with Crippen molar-refractivity contribution in [2.24, 2.45) is 0 Å². The lowest BCUT2D eigenvalue weighted by Gasteiger charge is -2.28. The molecule has 9 aromatic carbocycles. The number of para-hydroxylation sites is 1. The first-order valence-electron chi connectivity index (χ1n) is 18.4. The number of benzene rings is 9. The lowest BCUT2D eigenvalue weighted by molar-refractivity contribution is 1.28. The van der Waals surface area contributed by atoms with Crippen molar-refractivity contribution < 1.29 is 0 Å². The SMILES string of the molecule is c1ccc(-c2ccc(N(c3ccc(-c4cccc(-c5ccc6ccccc6c5)c4)cc3)c3ccccc3-c3cccc4sc5ccccc5c34)cc2)cc1. The zero-order valence-corrected chi connectivity index (χ0v) is 30.4. The van der Waals surface area contributed by atoms with Crippen LogP contribution in [0.3, 0.4) is 0 Å². The molecular formula is C52H35NS. The summed E-state index contributed by atoms with van der Waals surface area (Å²) in [6.45, 7) is 0. The molecule has 10 aromatic rings. The van der Waals surface area contributed by atoms with Gasteiger partial charge in [0.25, 0.3) is 0 Å². The Labute approximate surface area is 319 Å². The summed E-state index contributed by atoms with van der Waals surface area (Å²) in [6.07, 6.45) is 0. The summed E-state index contributed by atoms with van der Waals surface area (Å²) < 4.78 is 2.61. The molecule has 54 heavy (non-hydrogen) atoms. The van der Waals surface area contributed by atoms with E-state index in [4.69, 9.17) is 0 Å². The first-order chi connectivity index (χ1) is 26.8. The Hall–Kier alpha value is -6.74. The Bertz CT molecular complexity index is 2920. The van der Waals surface area contributed by atoms with Crippen molar-refractivity contribution in [1.29, 1.82) is 0 Å². The predicted molar refractivity (Wildman–Crippen MR) is 233 cm³/mol. The summed E-state index contributed by atoms with van der Waals surface area (Å²) in [6, 6.07) is 77.1. The summed E-state index contributed by atoms with van der Waals surface area (Å²) in [5, 5.41) is 5.13. The van der Waals surface area contributed by atoms with Crippen molar-refractivity contribution in [3.05, 3.63) is 212 Å². The second-order valence-electron chi connectivity index (χ2n) is 13.7. The van der Waals surface area contributed by atoms with Gasteiger partial charge in [0.2, 0.25) is 0 Å². The molecule has 0 N–H and O–H groups in total. The summed E-state index contributed by atoms with van der Waals surface area (Å²) in [5.74, 6) is 0. The Morgan fingerprint density at radius 2 is 0.833 bits per heavy atom. The van der Waals surface area contributed by atoms with Crippen molar-refractivity contribution >= 4 is 59.3 Å². The summed E-state index contributed by atoms with van der Waals surface area (Å²) in [4.78, 5) is 2.41. The first kappa shape index (κ1) is 32.0. The maximum Gasteiger partial charge on any atom is 0.0540 e. The molecule has 0 bridgehead atoms. The van der Waals surface area contributed by atoms with Crippen LogP contribution in [0, 0.1) is 0 Å². The number of hydrogen-bond donors (Lipinski definition) is 0. The molecule has 0 saturated heterocycles. The molecule has 0 amide bonds. The fourth-order valence-corrected chi connectivity index (χ4v) is 8.94. The van der Waals surface area contributed by atoms with Crippen LogP contribution in [-0.2, 0) is 0 Å². The molecule has 0 unspecified atom stereocenters. The molecule has 0 saturated carbocycles. The second-order valence-corrected chi connectivity index (χ2v) is 14.8. The Kier molecular flexibility index (Phi) is 8.09. The second kappa shape index (κ2) is 13.7. The third-order valence-corrected chi connectivity index (χ3v) is 11.6. The van der Waals surface area contributed by atoms with Gasteiger partial charge in [-0.1, -0.05) is 158 Å². The van der Waals surface area contributed by atoms with E-state index in [1.165, 1.54) is 75.5 Å². The van der Waals surface area contributed by atoms with Gasteiger partial charge in [-0.15, -0.1) is 11.3 Å². The van der Waals surface area contributed by atoms with Gasteiger partial charge < -0.3 is 4.90 Å². The highest BCUT2D eigenvalue weighted by molar-refractivity contribution is 7.25. The van der Waals surface area contributed by atoms with Crippen LogP contribution in [0.4, 0.5) is 17.1 Å². The molecule has 1 nitrogen and oxygen atoms in total. The Morgan fingerprint density at radius 1 is 0.315 bits per heavy atom. The van der Waals surface area contributed by atoms with Gasteiger partial charge in [-0.25, -0.2) is 0 Å². The molecule has 0 spiro atoms. The molecule has 2 heteroatoms. The predicted octanol–water partition coefficient (Wildman–Crippen LogP) is 15.3. The van der Waals surface area contributed by atoms with Crippen molar-refractivity contribution in [3.63, 3.8) is 0 Å². The molecule has 0 fully saturated rings.